The number of fused-ring (bicyclic) bond motifs is 1. The van der Waals surface area contributed by atoms with Gasteiger partial charge in [0.15, 0.2) is 0 Å². The van der Waals surface area contributed by atoms with Crippen LogP contribution in [0.3, 0.4) is 0 Å². The Labute approximate surface area is 114 Å². The van der Waals surface area contributed by atoms with Crippen molar-refractivity contribution in [3.63, 3.8) is 0 Å². The van der Waals surface area contributed by atoms with Crippen molar-refractivity contribution in [2.75, 3.05) is 12.4 Å². The SMILES string of the molecule is COc1ccnc(Nc2cc3ccccc3oc2=O)n1. The van der Waals surface area contributed by atoms with Gasteiger partial charge in [-0.1, -0.05) is 18.2 Å². The molecule has 3 aromatic rings. The lowest BCUT2D eigenvalue weighted by Gasteiger charge is -2.05. The second-order valence-electron chi connectivity index (χ2n) is 4.03. The number of methoxy groups -OCH3 is 1. The molecule has 1 aromatic carbocycles. The zero-order chi connectivity index (χ0) is 13.9. The van der Waals surface area contributed by atoms with Crippen molar-refractivity contribution in [1.82, 2.24) is 9.97 Å². The van der Waals surface area contributed by atoms with Crippen LogP contribution in [0.4, 0.5) is 11.6 Å². The van der Waals surface area contributed by atoms with E-state index in [0.29, 0.717) is 11.5 Å². The summed E-state index contributed by atoms with van der Waals surface area (Å²) >= 11 is 0. The van der Waals surface area contributed by atoms with Gasteiger partial charge in [-0.15, -0.1) is 0 Å². The van der Waals surface area contributed by atoms with Gasteiger partial charge in [0.1, 0.15) is 11.3 Å². The first-order chi connectivity index (χ1) is 9.76. The number of anilines is 2. The van der Waals surface area contributed by atoms with Crippen molar-refractivity contribution in [1.29, 1.82) is 0 Å². The molecule has 0 spiro atoms. The first-order valence-electron chi connectivity index (χ1n) is 5.93. The predicted molar refractivity (Wildman–Crippen MR) is 74.4 cm³/mol. The lowest BCUT2D eigenvalue weighted by Crippen LogP contribution is -2.08. The number of nitrogens with one attached hydrogen (secondary N) is 1. The number of nitrogens with zero attached hydrogens (tertiary/aromatic N) is 2. The Morgan fingerprint density at radius 1 is 1.25 bits per heavy atom. The fourth-order valence-corrected chi connectivity index (χ4v) is 1.79. The van der Waals surface area contributed by atoms with E-state index in [9.17, 15) is 4.79 Å². The number of hydrogen-bond donors (Lipinski definition) is 1. The average Bonchev–Trinajstić information content (AvgIpc) is 2.48. The van der Waals surface area contributed by atoms with Gasteiger partial charge in [-0.05, 0) is 12.1 Å². The quantitative estimate of drug-likeness (QED) is 0.735. The minimum absolute atomic E-state index is 0.270. The Bertz CT molecular complexity index is 814. The van der Waals surface area contributed by atoms with Gasteiger partial charge in [0.05, 0.1) is 7.11 Å². The van der Waals surface area contributed by atoms with Gasteiger partial charge in [-0.25, -0.2) is 9.78 Å². The molecule has 0 aliphatic carbocycles. The van der Waals surface area contributed by atoms with Gasteiger partial charge < -0.3 is 14.5 Å². The third-order valence-electron chi connectivity index (χ3n) is 2.73. The molecule has 1 N–H and O–H groups in total. The molecule has 0 radical (unpaired) electrons. The molecule has 100 valence electrons. The highest BCUT2D eigenvalue weighted by atomic mass is 16.5. The zero-order valence-electron chi connectivity index (χ0n) is 10.7. The molecule has 0 aliphatic heterocycles. The number of para-hydroxylation sites is 1. The molecule has 0 bridgehead atoms. The van der Waals surface area contributed by atoms with Crippen LogP contribution in [-0.4, -0.2) is 17.1 Å². The van der Waals surface area contributed by atoms with Crippen molar-refractivity contribution in [3.05, 3.63) is 53.0 Å². The highest BCUT2D eigenvalue weighted by Crippen LogP contribution is 2.17. The van der Waals surface area contributed by atoms with Crippen LogP contribution < -0.4 is 15.7 Å². The summed E-state index contributed by atoms with van der Waals surface area (Å²) in [6.45, 7) is 0. The van der Waals surface area contributed by atoms with Crippen LogP contribution in [0.5, 0.6) is 5.88 Å². The van der Waals surface area contributed by atoms with Crippen LogP contribution in [0.1, 0.15) is 0 Å². The molecule has 0 saturated carbocycles. The van der Waals surface area contributed by atoms with E-state index < -0.39 is 5.63 Å². The summed E-state index contributed by atoms with van der Waals surface area (Å²) in [5.74, 6) is 0.680. The van der Waals surface area contributed by atoms with E-state index in [1.165, 1.54) is 13.3 Å². The third-order valence-corrected chi connectivity index (χ3v) is 2.73. The fraction of sp³-hybridized carbons (Fsp3) is 0.0714. The van der Waals surface area contributed by atoms with E-state index in [1.807, 2.05) is 18.2 Å². The molecule has 0 fully saturated rings. The summed E-state index contributed by atoms with van der Waals surface area (Å²) in [5, 5.41) is 3.65. The predicted octanol–water partition coefficient (Wildman–Crippen LogP) is 2.34. The monoisotopic (exact) mass is 269 g/mol. The summed E-state index contributed by atoms with van der Waals surface area (Å²) < 4.78 is 10.2. The number of hydrogen-bond acceptors (Lipinski definition) is 6. The molecule has 20 heavy (non-hydrogen) atoms. The highest BCUT2D eigenvalue weighted by Gasteiger charge is 2.07. The minimum atomic E-state index is -0.477. The van der Waals surface area contributed by atoms with Crippen molar-refractivity contribution in [2.24, 2.45) is 0 Å². The van der Waals surface area contributed by atoms with Crippen LogP contribution in [0.15, 0.2) is 51.8 Å². The minimum Gasteiger partial charge on any atom is -0.481 e. The lowest BCUT2D eigenvalue weighted by atomic mass is 10.2. The summed E-state index contributed by atoms with van der Waals surface area (Å²) in [5.41, 5.74) is 0.335. The Morgan fingerprint density at radius 3 is 2.95 bits per heavy atom. The maximum atomic E-state index is 11.9. The molecule has 0 amide bonds. The first-order valence-corrected chi connectivity index (χ1v) is 5.93. The Morgan fingerprint density at radius 2 is 2.10 bits per heavy atom. The van der Waals surface area contributed by atoms with E-state index in [-0.39, 0.29) is 11.6 Å². The van der Waals surface area contributed by atoms with Gasteiger partial charge in [0, 0.05) is 17.6 Å². The summed E-state index contributed by atoms with van der Waals surface area (Å²) in [6, 6.07) is 10.6. The molecule has 2 aromatic heterocycles. The smallest absolute Gasteiger partial charge is 0.360 e. The second kappa shape index (κ2) is 5.00. The molecule has 6 heteroatoms. The Balaban J connectivity index is 2.01. The summed E-state index contributed by atoms with van der Waals surface area (Å²) in [6.07, 6.45) is 1.54. The maximum Gasteiger partial charge on any atom is 0.360 e. The van der Waals surface area contributed by atoms with Crippen molar-refractivity contribution < 1.29 is 9.15 Å². The number of benzene rings is 1. The van der Waals surface area contributed by atoms with E-state index in [2.05, 4.69) is 15.3 Å². The molecule has 0 unspecified atom stereocenters. The number of ether oxygens (including phenoxy) is 1. The first kappa shape index (κ1) is 12.2. The van der Waals surface area contributed by atoms with Crippen LogP contribution in [0.2, 0.25) is 0 Å². The van der Waals surface area contributed by atoms with Crippen LogP contribution in [0, 0.1) is 0 Å². The van der Waals surface area contributed by atoms with Crippen LogP contribution in [0.25, 0.3) is 11.0 Å². The van der Waals surface area contributed by atoms with E-state index in [1.54, 1.807) is 18.2 Å². The normalized spacial score (nSPS) is 10.4. The Hall–Kier alpha value is -2.89. The topological polar surface area (TPSA) is 77.2 Å². The van der Waals surface area contributed by atoms with Gasteiger partial charge in [0.2, 0.25) is 11.8 Å². The van der Waals surface area contributed by atoms with Gasteiger partial charge in [-0.3, -0.25) is 0 Å². The van der Waals surface area contributed by atoms with Crippen molar-refractivity contribution >= 4 is 22.6 Å². The van der Waals surface area contributed by atoms with Gasteiger partial charge in [0.25, 0.3) is 0 Å². The molecule has 2 heterocycles. The highest BCUT2D eigenvalue weighted by molar-refractivity contribution is 5.80. The molecule has 6 nitrogen and oxygen atoms in total. The second-order valence-corrected chi connectivity index (χ2v) is 4.03. The van der Waals surface area contributed by atoms with E-state index >= 15 is 0 Å². The molecule has 0 saturated heterocycles. The molecule has 0 atom stereocenters. The summed E-state index contributed by atoms with van der Waals surface area (Å²) in [4.78, 5) is 20.0. The molecule has 3 rings (SSSR count). The largest absolute Gasteiger partial charge is 0.481 e. The zero-order valence-corrected chi connectivity index (χ0v) is 10.7. The average molecular weight is 269 g/mol. The van der Waals surface area contributed by atoms with Gasteiger partial charge >= 0.3 is 5.63 Å². The lowest BCUT2D eigenvalue weighted by molar-refractivity contribution is 0.397. The van der Waals surface area contributed by atoms with E-state index in [4.69, 9.17) is 9.15 Å². The fourth-order valence-electron chi connectivity index (χ4n) is 1.79. The van der Waals surface area contributed by atoms with E-state index in [0.717, 1.165) is 5.39 Å². The third kappa shape index (κ3) is 2.31. The van der Waals surface area contributed by atoms with Gasteiger partial charge in [-0.2, -0.15) is 4.98 Å². The van der Waals surface area contributed by atoms with Crippen molar-refractivity contribution in [3.8, 4) is 5.88 Å². The maximum absolute atomic E-state index is 11.9. The number of rotatable bonds is 3. The van der Waals surface area contributed by atoms with Crippen LogP contribution in [-0.2, 0) is 0 Å². The standard InChI is InChI=1S/C14H11N3O3/c1-19-12-6-7-15-14(17-12)16-10-8-9-4-2-3-5-11(9)20-13(10)18/h2-8H,1H3,(H,15,16,17). The Kier molecular flexibility index (Phi) is 3.04. The number of aromatic nitrogens is 2. The van der Waals surface area contributed by atoms with Crippen LogP contribution >= 0.6 is 0 Å². The van der Waals surface area contributed by atoms with Crippen molar-refractivity contribution in [2.45, 2.75) is 0 Å². The molecular weight excluding hydrogens is 258 g/mol. The molecular formula is C14H11N3O3. The summed E-state index contributed by atoms with van der Waals surface area (Å²) in [7, 11) is 1.51. The molecule has 0 aliphatic rings.